The smallest absolute Gasteiger partial charge is 0.137 e. The van der Waals surface area contributed by atoms with Crippen molar-refractivity contribution in [2.45, 2.75) is 24.9 Å². The molecule has 2 nitrogen and oxygen atoms in total. The number of benzene rings is 3. The lowest BCUT2D eigenvalue weighted by Gasteiger charge is -2.20. The molecule has 0 unspecified atom stereocenters. The number of thiophene rings is 1. The first-order chi connectivity index (χ1) is 14.2. The highest BCUT2D eigenvalue weighted by atomic mass is 79.9. The molecule has 146 valence electrons. The molecule has 0 N–H and O–H groups in total. The van der Waals surface area contributed by atoms with E-state index in [0.717, 1.165) is 34.4 Å². The van der Waals surface area contributed by atoms with Crippen molar-refractivity contribution in [3.05, 3.63) is 93.3 Å². The van der Waals surface area contributed by atoms with Crippen molar-refractivity contribution in [3.63, 3.8) is 0 Å². The molecule has 1 heterocycles. The fourth-order valence-corrected chi connectivity index (χ4v) is 5.70. The molecule has 0 spiro atoms. The minimum absolute atomic E-state index is 0.0511. The first kappa shape index (κ1) is 18.7. The highest BCUT2D eigenvalue weighted by Gasteiger charge is 2.49. The van der Waals surface area contributed by atoms with Crippen LogP contribution in [0.1, 0.15) is 28.8 Å². The van der Waals surface area contributed by atoms with Gasteiger partial charge in [-0.25, -0.2) is 0 Å². The zero-order valence-corrected chi connectivity index (χ0v) is 18.6. The molecule has 0 radical (unpaired) electrons. The second-order valence-corrected chi connectivity index (χ2v) is 9.43. The van der Waals surface area contributed by atoms with Gasteiger partial charge in [0.15, 0.2) is 0 Å². The average Bonchev–Trinajstić information content (AvgIpc) is 3.45. The van der Waals surface area contributed by atoms with E-state index in [2.05, 4.69) is 64.5 Å². The molecule has 1 saturated carbocycles. The third-order valence-electron chi connectivity index (χ3n) is 5.65. The van der Waals surface area contributed by atoms with Crippen LogP contribution in [0.15, 0.2) is 77.3 Å². The summed E-state index contributed by atoms with van der Waals surface area (Å²) in [6, 6.07) is 25.4. The largest absolute Gasteiger partial charge is 0.496 e. The Balaban J connectivity index is 1.49. The van der Waals surface area contributed by atoms with Crippen LogP contribution in [0.25, 0.3) is 10.1 Å². The lowest BCUT2D eigenvalue weighted by Crippen LogP contribution is -2.09. The summed E-state index contributed by atoms with van der Waals surface area (Å²) in [4.78, 5) is 1.42. The molecule has 0 aliphatic heterocycles. The predicted octanol–water partition coefficient (Wildman–Crippen LogP) is 7.33. The van der Waals surface area contributed by atoms with Crippen LogP contribution < -0.4 is 9.47 Å². The van der Waals surface area contributed by atoms with E-state index >= 15 is 0 Å². The van der Waals surface area contributed by atoms with Crippen LogP contribution in [0.4, 0.5) is 0 Å². The van der Waals surface area contributed by atoms with Crippen molar-refractivity contribution in [1.29, 1.82) is 0 Å². The van der Waals surface area contributed by atoms with Gasteiger partial charge in [0.2, 0.25) is 0 Å². The van der Waals surface area contributed by atoms with E-state index in [4.69, 9.17) is 9.47 Å². The van der Waals surface area contributed by atoms with Crippen LogP contribution in [-0.4, -0.2) is 7.11 Å². The Morgan fingerprint density at radius 3 is 2.41 bits per heavy atom. The van der Waals surface area contributed by atoms with Crippen molar-refractivity contribution < 1.29 is 9.47 Å². The van der Waals surface area contributed by atoms with Gasteiger partial charge in [0, 0.05) is 26.6 Å². The van der Waals surface area contributed by atoms with Crippen molar-refractivity contribution >= 4 is 37.4 Å². The minimum Gasteiger partial charge on any atom is -0.496 e. The summed E-state index contributed by atoms with van der Waals surface area (Å²) in [5, 5.41) is 1.32. The lowest BCUT2D eigenvalue weighted by molar-refractivity contribution is 0.301. The summed E-state index contributed by atoms with van der Waals surface area (Å²) in [6.45, 7) is 0.531. The molecule has 0 bridgehead atoms. The number of hydrogen-bond acceptors (Lipinski definition) is 3. The standard InChI is InChI=1S/C25H21BrO2S/c1-27-21-15-22(28-16-17-7-3-2-4-8-17)20(26)14-19(21)25(11-12-25)24-13-18-9-5-6-10-23(18)29-24/h2-10,13-15H,11-12,16H2,1H3. The van der Waals surface area contributed by atoms with E-state index in [9.17, 15) is 0 Å². The molecular formula is C25H21BrO2S. The average molecular weight is 465 g/mol. The molecule has 1 fully saturated rings. The Bertz CT molecular complexity index is 1130. The van der Waals surface area contributed by atoms with Gasteiger partial charge in [-0.1, -0.05) is 48.5 Å². The second kappa shape index (κ2) is 7.51. The molecule has 5 rings (SSSR count). The monoisotopic (exact) mass is 464 g/mol. The summed E-state index contributed by atoms with van der Waals surface area (Å²) in [6.07, 6.45) is 2.29. The van der Waals surface area contributed by atoms with Crippen LogP contribution in [0.5, 0.6) is 11.5 Å². The number of halogens is 1. The van der Waals surface area contributed by atoms with Gasteiger partial charge >= 0.3 is 0 Å². The number of methoxy groups -OCH3 is 1. The topological polar surface area (TPSA) is 18.5 Å². The van der Waals surface area contributed by atoms with Gasteiger partial charge in [0.25, 0.3) is 0 Å². The summed E-state index contributed by atoms with van der Waals surface area (Å²) < 4.78 is 14.2. The maximum absolute atomic E-state index is 6.08. The van der Waals surface area contributed by atoms with Gasteiger partial charge in [-0.05, 0) is 57.9 Å². The number of rotatable bonds is 6. The number of hydrogen-bond donors (Lipinski definition) is 0. The Morgan fingerprint density at radius 1 is 0.931 bits per heavy atom. The molecule has 0 saturated heterocycles. The highest BCUT2D eigenvalue weighted by molar-refractivity contribution is 9.10. The van der Waals surface area contributed by atoms with E-state index < -0.39 is 0 Å². The van der Waals surface area contributed by atoms with Gasteiger partial charge in [0.1, 0.15) is 18.1 Å². The maximum Gasteiger partial charge on any atom is 0.137 e. The minimum atomic E-state index is 0.0511. The van der Waals surface area contributed by atoms with Gasteiger partial charge in [-0.3, -0.25) is 0 Å². The highest BCUT2D eigenvalue weighted by Crippen LogP contribution is 2.59. The van der Waals surface area contributed by atoms with Crippen LogP contribution in [-0.2, 0) is 12.0 Å². The molecular weight excluding hydrogens is 444 g/mol. The molecule has 3 aromatic carbocycles. The Labute approximate surface area is 183 Å². The van der Waals surface area contributed by atoms with Crippen molar-refractivity contribution in [2.24, 2.45) is 0 Å². The van der Waals surface area contributed by atoms with E-state index in [0.29, 0.717) is 6.61 Å². The van der Waals surface area contributed by atoms with Gasteiger partial charge < -0.3 is 9.47 Å². The molecule has 4 heteroatoms. The summed E-state index contributed by atoms with van der Waals surface area (Å²) in [5.41, 5.74) is 2.44. The summed E-state index contributed by atoms with van der Waals surface area (Å²) in [5.74, 6) is 1.70. The van der Waals surface area contributed by atoms with Gasteiger partial charge in [-0.2, -0.15) is 0 Å². The molecule has 0 amide bonds. The van der Waals surface area contributed by atoms with E-state index in [1.165, 1.54) is 20.5 Å². The summed E-state index contributed by atoms with van der Waals surface area (Å²) in [7, 11) is 1.74. The van der Waals surface area contributed by atoms with Crippen molar-refractivity contribution in [2.75, 3.05) is 7.11 Å². The third-order valence-corrected chi connectivity index (χ3v) is 7.59. The van der Waals surface area contributed by atoms with E-state index in [-0.39, 0.29) is 5.41 Å². The Morgan fingerprint density at radius 2 is 1.69 bits per heavy atom. The van der Waals surface area contributed by atoms with Gasteiger partial charge in [-0.15, -0.1) is 11.3 Å². The van der Waals surface area contributed by atoms with E-state index in [1.807, 2.05) is 35.6 Å². The Hall–Kier alpha value is -2.30. The second-order valence-electron chi connectivity index (χ2n) is 7.49. The van der Waals surface area contributed by atoms with Crippen LogP contribution in [0, 0.1) is 0 Å². The number of ether oxygens (including phenoxy) is 2. The zero-order chi connectivity index (χ0) is 19.8. The third kappa shape index (κ3) is 3.45. The number of fused-ring (bicyclic) bond motifs is 1. The molecule has 4 aromatic rings. The fraction of sp³-hybridized carbons (Fsp3) is 0.200. The molecule has 1 aliphatic rings. The molecule has 29 heavy (non-hydrogen) atoms. The molecule has 0 atom stereocenters. The first-order valence-corrected chi connectivity index (χ1v) is 11.3. The SMILES string of the molecule is COc1cc(OCc2ccccc2)c(Br)cc1C1(c2cc3ccccc3s2)CC1. The normalized spacial score (nSPS) is 14.7. The van der Waals surface area contributed by atoms with Crippen molar-refractivity contribution in [3.8, 4) is 11.5 Å². The quantitative estimate of drug-likeness (QED) is 0.297. The first-order valence-electron chi connectivity index (χ1n) is 9.73. The summed E-state index contributed by atoms with van der Waals surface area (Å²) >= 11 is 5.63. The maximum atomic E-state index is 6.08. The van der Waals surface area contributed by atoms with Crippen LogP contribution >= 0.6 is 27.3 Å². The molecule has 1 aliphatic carbocycles. The van der Waals surface area contributed by atoms with Crippen molar-refractivity contribution in [1.82, 2.24) is 0 Å². The fourth-order valence-electron chi connectivity index (χ4n) is 3.91. The molecule has 1 aromatic heterocycles. The lowest BCUT2D eigenvalue weighted by atomic mass is 9.92. The van der Waals surface area contributed by atoms with E-state index in [1.54, 1.807) is 7.11 Å². The van der Waals surface area contributed by atoms with Crippen LogP contribution in [0.3, 0.4) is 0 Å². The predicted molar refractivity (Wildman–Crippen MR) is 123 cm³/mol. The zero-order valence-electron chi connectivity index (χ0n) is 16.2. The van der Waals surface area contributed by atoms with Crippen LogP contribution in [0.2, 0.25) is 0 Å². The Kier molecular flexibility index (Phi) is 4.84. The van der Waals surface area contributed by atoms with Gasteiger partial charge in [0.05, 0.1) is 11.6 Å².